The SMILES string of the molecule is O=C(CCl)Nc1ccc(C(=O)N/N=C/c2ccc(Cl)cc2)cc1.O=C(CCl)Nc1ccc(C(=O)N/N=C/c2ccc([N+](=O)[O-])cc2)cc1.O=c1c(Cl)c(Cl)cnn1CCCl. The molecule has 0 bridgehead atoms. The number of aromatic nitrogens is 2. The van der Waals surface area contributed by atoms with Gasteiger partial charge in [-0.05, 0) is 83.9 Å². The second kappa shape index (κ2) is 25.6. The van der Waals surface area contributed by atoms with Gasteiger partial charge >= 0.3 is 0 Å². The monoisotopic (exact) mass is 935 g/mol. The molecule has 0 unspecified atom stereocenters. The number of non-ortho nitro benzene ring substituents is 1. The number of nitro benzene ring substituents is 1. The van der Waals surface area contributed by atoms with Crippen molar-refractivity contribution in [1.29, 1.82) is 0 Å². The van der Waals surface area contributed by atoms with E-state index in [-0.39, 0.29) is 45.2 Å². The van der Waals surface area contributed by atoms with Crippen molar-refractivity contribution in [2.75, 3.05) is 28.3 Å². The molecule has 312 valence electrons. The van der Waals surface area contributed by atoms with Crippen molar-refractivity contribution >= 4 is 123 Å². The molecular formula is C38H31Cl6N9O7. The third-order valence-electron chi connectivity index (χ3n) is 7.08. The van der Waals surface area contributed by atoms with Gasteiger partial charge in [0.1, 0.15) is 16.8 Å². The first-order valence-electron chi connectivity index (χ1n) is 16.8. The van der Waals surface area contributed by atoms with Crippen LogP contribution in [-0.2, 0) is 16.1 Å². The normalized spacial score (nSPS) is 10.4. The summed E-state index contributed by atoms with van der Waals surface area (Å²) >= 11 is 33.1. The average molecular weight is 938 g/mol. The van der Waals surface area contributed by atoms with Gasteiger partial charge in [0.25, 0.3) is 23.1 Å². The minimum absolute atomic E-state index is 0.0169. The fourth-order valence-corrected chi connectivity index (χ4v) is 4.86. The molecule has 0 saturated carbocycles. The number of carbonyl (C=O) groups is 4. The molecule has 4 N–H and O–H groups in total. The number of anilines is 2. The number of carbonyl (C=O) groups excluding carboxylic acids is 4. The predicted octanol–water partition coefficient (Wildman–Crippen LogP) is 7.61. The molecule has 22 heteroatoms. The molecule has 1 heterocycles. The van der Waals surface area contributed by atoms with Crippen molar-refractivity contribution in [3.8, 4) is 0 Å². The van der Waals surface area contributed by atoms with E-state index >= 15 is 0 Å². The molecule has 1 aromatic heterocycles. The second-order valence-electron chi connectivity index (χ2n) is 11.3. The van der Waals surface area contributed by atoms with Crippen molar-refractivity contribution in [1.82, 2.24) is 20.6 Å². The summed E-state index contributed by atoms with van der Waals surface area (Å²) in [6, 6.07) is 25.3. The van der Waals surface area contributed by atoms with Crippen LogP contribution in [0.2, 0.25) is 15.1 Å². The van der Waals surface area contributed by atoms with Gasteiger partial charge in [-0.25, -0.2) is 15.5 Å². The van der Waals surface area contributed by atoms with Crippen LogP contribution in [0, 0.1) is 10.1 Å². The summed E-state index contributed by atoms with van der Waals surface area (Å²) in [5.41, 5.74) is 7.61. The highest BCUT2D eigenvalue weighted by molar-refractivity contribution is 6.41. The standard InChI is InChI=1S/C16H13Cl2N3O2.C16H13ClN4O4.C6H5Cl3N2O/c17-9-15(22)20-14-7-3-12(4-8-14)16(23)21-19-10-11-1-5-13(18)6-2-11;17-9-15(22)19-13-5-3-12(4-6-13)16(23)20-18-10-11-1-7-14(8-2-11)21(24)25;7-1-2-11-6(12)5(9)4(8)3-10-11/h1-8,10H,9H2,(H,20,22)(H,21,23);1-8,10H,9H2,(H,19,22)(H,20,23);3H,1-2H2/b19-10+;18-10+;. The van der Waals surface area contributed by atoms with Crippen molar-refractivity contribution in [3.05, 3.63) is 161 Å². The molecule has 0 saturated heterocycles. The molecule has 0 radical (unpaired) electrons. The summed E-state index contributed by atoms with van der Waals surface area (Å²) in [7, 11) is 0. The van der Waals surface area contributed by atoms with Gasteiger partial charge in [0.15, 0.2) is 0 Å². The molecule has 0 aliphatic rings. The number of rotatable bonds is 13. The van der Waals surface area contributed by atoms with E-state index in [4.69, 9.17) is 69.6 Å². The van der Waals surface area contributed by atoms with Gasteiger partial charge in [-0.3, -0.25) is 34.1 Å². The molecule has 0 spiro atoms. The lowest BCUT2D eigenvalue weighted by Crippen LogP contribution is -2.23. The van der Waals surface area contributed by atoms with E-state index in [2.05, 4.69) is 36.8 Å². The number of alkyl halides is 3. The Bertz CT molecular complexity index is 2360. The van der Waals surface area contributed by atoms with Crippen LogP contribution in [0.3, 0.4) is 0 Å². The molecule has 4 amide bonds. The number of nitrogens with zero attached hydrogens (tertiary/aromatic N) is 5. The summed E-state index contributed by atoms with van der Waals surface area (Å²) in [5.74, 6) is -1.41. The van der Waals surface area contributed by atoms with Crippen molar-refractivity contribution in [2.45, 2.75) is 6.54 Å². The van der Waals surface area contributed by atoms with Gasteiger partial charge in [-0.15, -0.1) is 34.8 Å². The van der Waals surface area contributed by atoms with Crippen LogP contribution < -0.4 is 27.0 Å². The van der Waals surface area contributed by atoms with Gasteiger partial charge < -0.3 is 10.6 Å². The number of hydrogen-bond donors (Lipinski definition) is 4. The number of hydrazone groups is 2. The molecule has 4 aromatic carbocycles. The number of halogens is 6. The van der Waals surface area contributed by atoms with E-state index in [1.807, 2.05) is 0 Å². The molecule has 0 fully saturated rings. The summed E-state index contributed by atoms with van der Waals surface area (Å²) in [5, 5.41) is 27.9. The number of aryl methyl sites for hydroxylation is 1. The van der Waals surface area contributed by atoms with Gasteiger partial charge in [-0.1, -0.05) is 46.9 Å². The Morgan fingerprint density at radius 3 is 1.52 bits per heavy atom. The molecular weight excluding hydrogens is 907 g/mol. The maximum Gasteiger partial charge on any atom is 0.287 e. The lowest BCUT2D eigenvalue weighted by Gasteiger charge is -2.04. The minimum Gasteiger partial charge on any atom is -0.325 e. The average Bonchev–Trinajstić information content (AvgIpc) is 3.25. The van der Waals surface area contributed by atoms with Crippen LogP contribution in [-0.4, -0.2) is 68.4 Å². The van der Waals surface area contributed by atoms with Gasteiger partial charge in [0.05, 0.1) is 35.1 Å². The maximum atomic E-state index is 11.9. The van der Waals surface area contributed by atoms with Crippen molar-refractivity contribution in [3.63, 3.8) is 0 Å². The van der Waals surface area contributed by atoms with Crippen LogP contribution >= 0.6 is 69.6 Å². The summed E-state index contributed by atoms with van der Waals surface area (Å²) < 4.78 is 1.17. The Kier molecular flexibility index (Phi) is 20.7. The lowest BCUT2D eigenvalue weighted by atomic mass is 10.2. The maximum absolute atomic E-state index is 11.9. The molecule has 5 aromatic rings. The molecule has 0 aliphatic carbocycles. The van der Waals surface area contributed by atoms with Crippen LogP contribution in [0.25, 0.3) is 0 Å². The van der Waals surface area contributed by atoms with Crippen LogP contribution in [0.4, 0.5) is 17.1 Å². The summed E-state index contributed by atoms with van der Waals surface area (Å²) in [6.07, 6.45) is 4.21. The second-order valence-corrected chi connectivity index (χ2v) is 13.5. The highest BCUT2D eigenvalue weighted by Gasteiger charge is 2.08. The Labute approximate surface area is 371 Å². The number of benzene rings is 4. The Morgan fingerprint density at radius 2 is 1.12 bits per heavy atom. The first-order valence-corrected chi connectivity index (χ1v) is 19.5. The largest absolute Gasteiger partial charge is 0.325 e. The quantitative estimate of drug-likeness (QED) is 0.0398. The fraction of sp³-hybridized carbons (Fsp3) is 0.105. The highest BCUT2D eigenvalue weighted by atomic mass is 35.5. The van der Waals surface area contributed by atoms with E-state index in [0.29, 0.717) is 45.5 Å². The first kappa shape index (κ1) is 48.5. The van der Waals surface area contributed by atoms with E-state index in [1.54, 1.807) is 60.7 Å². The summed E-state index contributed by atoms with van der Waals surface area (Å²) in [6.45, 7) is 0.331. The number of amides is 4. The third-order valence-corrected chi connectivity index (χ3v) is 8.73. The van der Waals surface area contributed by atoms with E-state index < -0.39 is 16.4 Å². The van der Waals surface area contributed by atoms with Crippen molar-refractivity contribution in [2.24, 2.45) is 10.2 Å². The van der Waals surface area contributed by atoms with Gasteiger partial charge in [0, 0.05) is 45.5 Å². The smallest absolute Gasteiger partial charge is 0.287 e. The zero-order valence-electron chi connectivity index (χ0n) is 30.7. The Balaban J connectivity index is 0.000000254. The zero-order valence-corrected chi connectivity index (χ0v) is 35.2. The minimum atomic E-state index is -0.498. The van der Waals surface area contributed by atoms with E-state index in [0.717, 1.165) is 5.56 Å². The van der Waals surface area contributed by atoms with Crippen LogP contribution in [0.15, 0.2) is 118 Å². The zero-order chi connectivity index (χ0) is 44.0. The summed E-state index contributed by atoms with van der Waals surface area (Å²) in [4.78, 5) is 67.4. The Morgan fingerprint density at radius 1 is 0.683 bits per heavy atom. The van der Waals surface area contributed by atoms with E-state index in [1.165, 1.54) is 59.7 Å². The number of nitro groups is 1. The van der Waals surface area contributed by atoms with Crippen molar-refractivity contribution < 1.29 is 24.1 Å². The molecule has 60 heavy (non-hydrogen) atoms. The lowest BCUT2D eigenvalue weighted by molar-refractivity contribution is -0.384. The van der Waals surface area contributed by atoms with Crippen LogP contribution in [0.5, 0.6) is 0 Å². The van der Waals surface area contributed by atoms with Gasteiger partial charge in [0.2, 0.25) is 11.8 Å². The first-order chi connectivity index (χ1) is 28.7. The van der Waals surface area contributed by atoms with Gasteiger partial charge in [-0.2, -0.15) is 15.3 Å². The molecule has 0 aliphatic heterocycles. The fourth-order valence-electron chi connectivity index (χ4n) is 4.17. The topological polar surface area (TPSA) is 219 Å². The van der Waals surface area contributed by atoms with E-state index in [9.17, 15) is 34.1 Å². The molecule has 0 atom stereocenters. The van der Waals surface area contributed by atoms with Crippen LogP contribution in [0.1, 0.15) is 31.8 Å². The molecule has 5 rings (SSSR count). The number of nitrogens with one attached hydrogen (secondary N) is 4. The Hall–Kier alpha value is -5.88. The number of hydrogen-bond acceptors (Lipinski definition) is 10. The third kappa shape index (κ3) is 16.8. The molecule has 16 nitrogen and oxygen atoms in total. The predicted molar refractivity (Wildman–Crippen MR) is 235 cm³/mol. The highest BCUT2D eigenvalue weighted by Crippen LogP contribution is 2.15.